The van der Waals surface area contributed by atoms with Crippen LogP contribution in [0.15, 0.2) is 36.5 Å². The van der Waals surface area contributed by atoms with E-state index in [2.05, 4.69) is 64.2 Å². The third kappa shape index (κ3) is 69.7. The maximum atomic E-state index is 13.1. The lowest BCUT2D eigenvalue weighted by atomic mass is 10.0. The fourth-order valence-electron chi connectivity index (χ4n) is 11.0. The number of aliphatic hydroxyl groups is 1. The maximum Gasteiger partial charge on any atom is 0.472 e. The molecule has 0 fully saturated rings. The van der Waals surface area contributed by atoms with Crippen molar-refractivity contribution in [1.29, 1.82) is 0 Å². The average Bonchev–Trinajstić information content (AvgIpc) is 1.22. The molecule has 2 unspecified atom stereocenters. The molecule has 0 saturated heterocycles. The highest BCUT2D eigenvalue weighted by Gasteiger charge is 2.30. The number of carbonyl (C=O) groups is 4. The second-order valence-corrected chi connectivity index (χ2v) is 29.6. The van der Waals surface area contributed by atoms with Crippen LogP contribution in [0.2, 0.25) is 0 Å². The third-order valence-corrected chi connectivity index (χ3v) is 19.0. The number of carbonyl (C=O) groups excluding carboxylic acids is 4. The number of allylic oxidation sites excluding steroid dienone is 6. The third-order valence-electron chi connectivity index (χ3n) is 17.1. The topological polar surface area (TPSA) is 237 Å². The normalized spacial score (nSPS) is 14.1. The first-order chi connectivity index (χ1) is 46.7. The van der Waals surface area contributed by atoms with Gasteiger partial charge in [-0.3, -0.25) is 37.3 Å². The van der Waals surface area contributed by atoms with Crippen LogP contribution in [0.3, 0.4) is 0 Å². The molecule has 17 nitrogen and oxygen atoms in total. The number of esters is 4. The Bertz CT molecular complexity index is 1970. The van der Waals surface area contributed by atoms with Gasteiger partial charge in [0.05, 0.1) is 26.4 Å². The minimum Gasteiger partial charge on any atom is -0.462 e. The van der Waals surface area contributed by atoms with Crippen LogP contribution in [0.1, 0.15) is 374 Å². The summed E-state index contributed by atoms with van der Waals surface area (Å²) in [7, 11) is -9.93. The molecule has 0 aliphatic heterocycles. The zero-order valence-corrected chi connectivity index (χ0v) is 63.4. The molecule has 0 aliphatic rings. The van der Waals surface area contributed by atoms with Crippen LogP contribution in [0.5, 0.6) is 0 Å². The summed E-state index contributed by atoms with van der Waals surface area (Å²) in [5, 5.41) is 10.6. The van der Waals surface area contributed by atoms with E-state index in [0.717, 1.165) is 135 Å². The Hall–Kier alpha value is -2.72. The second kappa shape index (κ2) is 70.7. The Kier molecular flexibility index (Phi) is 68.7. The predicted molar refractivity (Wildman–Crippen MR) is 391 cm³/mol. The van der Waals surface area contributed by atoms with E-state index in [1.807, 2.05) is 0 Å². The standard InChI is InChI=1S/C77H144O17P2/c1-5-9-13-17-21-25-29-33-35-39-42-46-50-54-58-62-75(80)88-68-72(93-76(81)63-59-55-51-47-43-38-32-28-24-20-16-12-8-4)69-91-95(83,84)89-65-71(78)66-90-96(85,86)92-70-73(67-87-74(79)61-57-53-49-45-41-37-31-27-23-19-15-11-7-3)94-77(82)64-60-56-52-48-44-40-36-34-30-26-22-18-14-10-6-2/h27-28,31-32,34,36,71-73,78H,5-26,29-30,33,35,37-70H2,1-4H3,(H,83,84)(H,85,86)/b31-27-,32-28-,36-34-/t71-,72+,73+/m0/s1. The summed E-state index contributed by atoms with van der Waals surface area (Å²) in [5.74, 6) is -2.16. The van der Waals surface area contributed by atoms with Crippen LogP contribution in [-0.2, 0) is 65.4 Å². The number of phosphoric ester groups is 2. The monoisotopic (exact) mass is 1400 g/mol. The number of ether oxygens (including phenoxy) is 4. The SMILES string of the molecule is CCCCCC/C=C\CCCCCCCC(=O)OC[C@H](COP(=O)(O)OC[C@@H](O)COP(=O)(O)OC[C@@H](COC(=O)CCCCCCCCCCCCCCCCC)OC(=O)CCCCCCC/C=C\CCCCCC)OC(=O)CCCCCCC/C=C\CCCCCCCC. The molecule has 0 aromatic rings. The lowest BCUT2D eigenvalue weighted by Gasteiger charge is -2.21. The molecule has 0 aliphatic carbocycles. The Balaban J connectivity index is 5.31. The Morgan fingerprint density at radius 1 is 0.281 bits per heavy atom. The molecule has 19 heteroatoms. The van der Waals surface area contributed by atoms with E-state index in [9.17, 15) is 43.2 Å². The van der Waals surface area contributed by atoms with Crippen molar-refractivity contribution >= 4 is 39.5 Å². The quantitative estimate of drug-likeness (QED) is 0.0169. The lowest BCUT2D eigenvalue weighted by Crippen LogP contribution is -2.30. The number of aliphatic hydroxyl groups excluding tert-OH is 1. The van der Waals surface area contributed by atoms with E-state index in [1.165, 1.54) is 161 Å². The summed E-state index contributed by atoms with van der Waals surface area (Å²) >= 11 is 0. The van der Waals surface area contributed by atoms with Crippen molar-refractivity contribution in [2.24, 2.45) is 0 Å². The van der Waals surface area contributed by atoms with Gasteiger partial charge >= 0.3 is 39.5 Å². The van der Waals surface area contributed by atoms with Gasteiger partial charge in [0.25, 0.3) is 0 Å². The molecule has 0 bridgehead atoms. The molecule has 5 atom stereocenters. The second-order valence-electron chi connectivity index (χ2n) is 26.7. The van der Waals surface area contributed by atoms with Gasteiger partial charge in [0.2, 0.25) is 0 Å². The van der Waals surface area contributed by atoms with E-state index in [-0.39, 0.29) is 25.7 Å². The van der Waals surface area contributed by atoms with Gasteiger partial charge in [0.1, 0.15) is 19.3 Å². The first-order valence-corrected chi connectivity index (χ1v) is 42.2. The fraction of sp³-hybridized carbons (Fsp3) is 0.870. The van der Waals surface area contributed by atoms with E-state index in [4.69, 9.17) is 37.0 Å². The largest absolute Gasteiger partial charge is 0.472 e. The zero-order valence-electron chi connectivity index (χ0n) is 61.6. The van der Waals surface area contributed by atoms with Crippen LogP contribution in [-0.4, -0.2) is 96.7 Å². The summed E-state index contributed by atoms with van der Waals surface area (Å²) in [4.78, 5) is 72.8. The fourth-order valence-corrected chi connectivity index (χ4v) is 12.6. The van der Waals surface area contributed by atoms with Gasteiger partial charge in [-0.1, -0.05) is 282 Å². The van der Waals surface area contributed by atoms with E-state index >= 15 is 0 Å². The number of phosphoric acid groups is 2. The molecule has 0 rings (SSSR count). The summed E-state index contributed by atoms with van der Waals surface area (Å²) in [5.41, 5.74) is 0. The van der Waals surface area contributed by atoms with Crippen molar-refractivity contribution in [2.45, 2.75) is 393 Å². The smallest absolute Gasteiger partial charge is 0.462 e. The molecule has 0 aromatic carbocycles. The van der Waals surface area contributed by atoms with Crippen molar-refractivity contribution < 1.29 is 80.2 Å². The molecule has 3 N–H and O–H groups in total. The van der Waals surface area contributed by atoms with Gasteiger partial charge in [-0.15, -0.1) is 0 Å². The molecule has 0 heterocycles. The predicted octanol–water partition coefficient (Wildman–Crippen LogP) is 22.3. The van der Waals surface area contributed by atoms with Gasteiger partial charge in [-0.2, -0.15) is 0 Å². The Labute approximate surface area is 585 Å². The van der Waals surface area contributed by atoms with E-state index in [1.54, 1.807) is 0 Å². The first kappa shape index (κ1) is 93.3. The van der Waals surface area contributed by atoms with Crippen LogP contribution >= 0.6 is 15.6 Å². The molecule has 0 radical (unpaired) electrons. The molecule has 0 saturated carbocycles. The van der Waals surface area contributed by atoms with Crippen molar-refractivity contribution in [3.05, 3.63) is 36.5 Å². The van der Waals surface area contributed by atoms with Gasteiger partial charge in [-0.25, -0.2) is 9.13 Å². The van der Waals surface area contributed by atoms with Gasteiger partial charge in [0, 0.05) is 25.7 Å². The molecule has 0 spiro atoms. The van der Waals surface area contributed by atoms with Crippen molar-refractivity contribution in [1.82, 2.24) is 0 Å². The zero-order chi connectivity index (χ0) is 70.4. The summed E-state index contributed by atoms with van der Waals surface area (Å²) in [6.45, 7) is 4.89. The Morgan fingerprint density at radius 2 is 0.479 bits per heavy atom. The van der Waals surface area contributed by atoms with Crippen molar-refractivity contribution in [2.75, 3.05) is 39.6 Å². The molecule has 0 aromatic heterocycles. The average molecular weight is 1400 g/mol. The lowest BCUT2D eigenvalue weighted by molar-refractivity contribution is -0.161. The first-order valence-electron chi connectivity index (χ1n) is 39.2. The van der Waals surface area contributed by atoms with Crippen LogP contribution < -0.4 is 0 Å². The van der Waals surface area contributed by atoms with Gasteiger partial charge in [-0.05, 0) is 103 Å². The molecule has 96 heavy (non-hydrogen) atoms. The number of rotatable bonds is 75. The van der Waals surface area contributed by atoms with Gasteiger partial charge < -0.3 is 33.8 Å². The highest BCUT2D eigenvalue weighted by atomic mass is 31.2. The number of unbranched alkanes of at least 4 members (excludes halogenated alkanes) is 43. The molecular weight excluding hydrogens is 1260 g/mol. The maximum absolute atomic E-state index is 13.1. The highest BCUT2D eigenvalue weighted by molar-refractivity contribution is 7.47. The molecule has 564 valence electrons. The molecule has 0 amide bonds. The number of hydrogen-bond donors (Lipinski definition) is 3. The van der Waals surface area contributed by atoms with E-state index in [0.29, 0.717) is 25.7 Å². The van der Waals surface area contributed by atoms with Gasteiger partial charge in [0.15, 0.2) is 12.2 Å². The molecular formula is C77H144O17P2. The Morgan fingerprint density at radius 3 is 0.729 bits per heavy atom. The van der Waals surface area contributed by atoms with Crippen molar-refractivity contribution in [3.8, 4) is 0 Å². The van der Waals surface area contributed by atoms with Crippen molar-refractivity contribution in [3.63, 3.8) is 0 Å². The van der Waals surface area contributed by atoms with Crippen LogP contribution in [0.4, 0.5) is 0 Å². The minimum absolute atomic E-state index is 0.0895. The summed E-state index contributed by atoms with van der Waals surface area (Å²) in [6.07, 6.45) is 65.5. The summed E-state index contributed by atoms with van der Waals surface area (Å²) in [6, 6.07) is 0. The minimum atomic E-state index is -4.97. The number of hydrogen-bond acceptors (Lipinski definition) is 15. The highest BCUT2D eigenvalue weighted by Crippen LogP contribution is 2.45. The van der Waals surface area contributed by atoms with Crippen LogP contribution in [0, 0.1) is 0 Å². The summed E-state index contributed by atoms with van der Waals surface area (Å²) < 4.78 is 68.5. The van der Waals surface area contributed by atoms with E-state index < -0.39 is 97.5 Å². The van der Waals surface area contributed by atoms with Crippen LogP contribution in [0.25, 0.3) is 0 Å².